The van der Waals surface area contributed by atoms with Crippen molar-refractivity contribution in [2.24, 2.45) is 0 Å². The summed E-state index contributed by atoms with van der Waals surface area (Å²) in [5.41, 5.74) is -1.29. The Kier molecular flexibility index (Phi) is 5.18. The fraction of sp³-hybridized carbons (Fsp3) is 0.300. The summed E-state index contributed by atoms with van der Waals surface area (Å²) in [6.45, 7) is 1.59. The Morgan fingerprint density at radius 2 is 2.16 bits per heavy atom. The molecule has 0 radical (unpaired) electrons. The summed E-state index contributed by atoms with van der Waals surface area (Å²) >= 11 is 1.28. The van der Waals surface area contributed by atoms with Crippen molar-refractivity contribution >= 4 is 28.2 Å². The van der Waals surface area contributed by atoms with Crippen LogP contribution in [0.4, 0.5) is 19.1 Å². The van der Waals surface area contributed by atoms with Crippen LogP contribution in [0.15, 0.2) is 41.0 Å². The van der Waals surface area contributed by atoms with E-state index in [0.717, 1.165) is 25.6 Å². The number of thiazole rings is 1. The zero-order chi connectivity index (χ0) is 22.3. The molecule has 0 aliphatic carbocycles. The second-order valence-electron chi connectivity index (χ2n) is 7.44. The molecule has 1 saturated heterocycles. The van der Waals surface area contributed by atoms with E-state index < -0.39 is 17.3 Å². The molecule has 4 aromatic rings. The molecule has 0 spiro atoms. The molecule has 1 fully saturated rings. The Morgan fingerprint density at radius 3 is 2.88 bits per heavy atom. The van der Waals surface area contributed by atoms with Crippen molar-refractivity contribution in [3.63, 3.8) is 0 Å². The van der Waals surface area contributed by atoms with Crippen LogP contribution < -0.4 is 16.2 Å². The molecule has 8 nitrogen and oxygen atoms in total. The van der Waals surface area contributed by atoms with Crippen LogP contribution in [0.5, 0.6) is 0 Å². The number of piperidine rings is 1. The number of fused-ring (bicyclic) bond motifs is 1. The molecular weight excluding hydrogens is 443 g/mol. The van der Waals surface area contributed by atoms with Gasteiger partial charge in [-0.25, -0.2) is 15.0 Å². The van der Waals surface area contributed by atoms with Crippen LogP contribution in [0.25, 0.3) is 27.3 Å². The molecule has 0 amide bonds. The lowest BCUT2D eigenvalue weighted by Gasteiger charge is -2.24. The zero-order valence-electron chi connectivity index (χ0n) is 16.6. The van der Waals surface area contributed by atoms with E-state index in [4.69, 9.17) is 0 Å². The van der Waals surface area contributed by atoms with Gasteiger partial charge < -0.3 is 15.6 Å². The van der Waals surface area contributed by atoms with Crippen molar-refractivity contribution in [2.45, 2.75) is 25.1 Å². The third-order valence-electron chi connectivity index (χ3n) is 5.35. The maximum Gasteiger partial charge on any atom is 0.419 e. The van der Waals surface area contributed by atoms with Crippen LogP contribution in [0.3, 0.4) is 0 Å². The van der Waals surface area contributed by atoms with Gasteiger partial charge in [0.15, 0.2) is 5.13 Å². The first kappa shape index (κ1) is 20.6. The minimum atomic E-state index is -4.65. The Hall–Kier alpha value is -3.25. The Labute approximate surface area is 183 Å². The Morgan fingerprint density at radius 1 is 1.28 bits per heavy atom. The normalized spacial score (nSPS) is 17.0. The first-order valence-electron chi connectivity index (χ1n) is 9.96. The maximum atomic E-state index is 13.8. The van der Waals surface area contributed by atoms with Crippen LogP contribution in [0.1, 0.15) is 18.4 Å². The van der Waals surface area contributed by atoms with E-state index in [1.165, 1.54) is 28.3 Å². The summed E-state index contributed by atoms with van der Waals surface area (Å²) in [4.78, 5) is 28.0. The van der Waals surface area contributed by atoms with Gasteiger partial charge in [0.2, 0.25) is 5.95 Å². The van der Waals surface area contributed by atoms with Gasteiger partial charge >= 0.3 is 6.18 Å². The van der Waals surface area contributed by atoms with Crippen molar-refractivity contribution in [1.82, 2.24) is 29.8 Å². The number of hydrogen-bond acceptors (Lipinski definition) is 7. The molecule has 166 valence electrons. The van der Waals surface area contributed by atoms with E-state index in [1.807, 2.05) is 0 Å². The first-order valence-corrected chi connectivity index (χ1v) is 10.8. The van der Waals surface area contributed by atoms with Crippen molar-refractivity contribution in [1.29, 1.82) is 0 Å². The molecule has 12 heteroatoms. The van der Waals surface area contributed by atoms with E-state index in [0.29, 0.717) is 17.1 Å². The minimum absolute atomic E-state index is 0.0294. The van der Waals surface area contributed by atoms with Gasteiger partial charge in [0.05, 0.1) is 5.69 Å². The SMILES string of the molecule is O=c1c2[nH]cc(-c3nc(N[C@H]4CCCNC4)ncc3C(F)(F)F)c2ccn1-c1nccs1. The molecule has 0 aromatic carbocycles. The fourth-order valence-corrected chi connectivity index (χ4v) is 4.45. The van der Waals surface area contributed by atoms with Crippen LogP contribution in [0.2, 0.25) is 0 Å². The van der Waals surface area contributed by atoms with Gasteiger partial charge in [-0.1, -0.05) is 0 Å². The number of halogens is 3. The number of anilines is 1. The first-order chi connectivity index (χ1) is 15.4. The number of hydrogen-bond donors (Lipinski definition) is 3. The van der Waals surface area contributed by atoms with Crippen LogP contribution in [-0.2, 0) is 6.18 Å². The molecule has 0 bridgehead atoms. The number of alkyl halides is 3. The van der Waals surface area contributed by atoms with Crippen molar-refractivity contribution in [2.75, 3.05) is 18.4 Å². The molecule has 0 saturated carbocycles. The highest BCUT2D eigenvalue weighted by Gasteiger charge is 2.36. The Bertz CT molecular complexity index is 1310. The summed E-state index contributed by atoms with van der Waals surface area (Å²) in [5.74, 6) is 0.118. The summed E-state index contributed by atoms with van der Waals surface area (Å²) in [6, 6.07) is 1.62. The number of aromatic nitrogens is 5. The lowest BCUT2D eigenvalue weighted by Crippen LogP contribution is -2.38. The third-order valence-corrected chi connectivity index (χ3v) is 6.12. The van der Waals surface area contributed by atoms with E-state index >= 15 is 0 Å². The highest BCUT2D eigenvalue weighted by molar-refractivity contribution is 7.12. The maximum absolute atomic E-state index is 13.8. The number of nitrogens with zero attached hydrogens (tertiary/aromatic N) is 4. The van der Waals surface area contributed by atoms with Crippen molar-refractivity contribution in [3.8, 4) is 16.4 Å². The Balaban J connectivity index is 1.61. The molecule has 1 aliphatic heterocycles. The van der Waals surface area contributed by atoms with E-state index in [1.54, 1.807) is 17.6 Å². The molecular formula is C20H18F3N7OS. The molecule has 32 heavy (non-hydrogen) atoms. The van der Waals surface area contributed by atoms with E-state index in [2.05, 4.69) is 30.6 Å². The monoisotopic (exact) mass is 461 g/mol. The number of nitrogens with one attached hydrogen (secondary N) is 3. The van der Waals surface area contributed by atoms with Gasteiger partial charge in [-0.05, 0) is 25.5 Å². The van der Waals surface area contributed by atoms with Gasteiger partial charge in [-0.2, -0.15) is 13.2 Å². The second-order valence-corrected chi connectivity index (χ2v) is 8.31. The number of pyridine rings is 1. The van der Waals surface area contributed by atoms with Gasteiger partial charge in [0, 0.05) is 53.7 Å². The number of H-pyrrole nitrogens is 1. The zero-order valence-corrected chi connectivity index (χ0v) is 17.4. The average molecular weight is 461 g/mol. The van der Waals surface area contributed by atoms with E-state index in [9.17, 15) is 18.0 Å². The van der Waals surface area contributed by atoms with Gasteiger partial charge in [-0.15, -0.1) is 11.3 Å². The molecule has 1 atom stereocenters. The number of rotatable bonds is 4. The minimum Gasteiger partial charge on any atom is -0.356 e. The third kappa shape index (κ3) is 3.75. The van der Waals surface area contributed by atoms with Crippen molar-refractivity contribution in [3.05, 3.63) is 52.2 Å². The fourth-order valence-electron chi connectivity index (χ4n) is 3.82. The quantitative estimate of drug-likeness (QED) is 0.431. The molecule has 4 aromatic heterocycles. The molecule has 1 aliphatic rings. The van der Waals surface area contributed by atoms with Crippen LogP contribution in [0, 0.1) is 0 Å². The summed E-state index contributed by atoms with van der Waals surface area (Å²) in [7, 11) is 0. The standard InChI is InChI=1S/C20H18F3N7OS/c21-20(22,23)14-10-27-18(28-11-2-1-4-24-8-11)29-15(14)13-9-26-16-12(13)3-6-30(17(16)31)19-25-5-7-32-19/h3,5-7,9-11,24,26H,1-2,4,8H2,(H,27,28,29)/t11-/m0/s1. The molecule has 3 N–H and O–H groups in total. The lowest BCUT2D eigenvalue weighted by atomic mass is 10.1. The average Bonchev–Trinajstić information content (AvgIpc) is 3.44. The second kappa shape index (κ2) is 8.02. The molecule has 5 rings (SSSR count). The smallest absolute Gasteiger partial charge is 0.356 e. The molecule has 0 unspecified atom stereocenters. The van der Waals surface area contributed by atoms with E-state index in [-0.39, 0.29) is 28.8 Å². The van der Waals surface area contributed by atoms with Crippen LogP contribution in [-0.4, -0.2) is 43.6 Å². The topological polar surface area (TPSA) is 101 Å². The predicted molar refractivity (Wildman–Crippen MR) is 115 cm³/mol. The summed E-state index contributed by atoms with van der Waals surface area (Å²) in [6.07, 6.45) is 2.42. The number of aromatic amines is 1. The summed E-state index contributed by atoms with van der Waals surface area (Å²) in [5, 5.41) is 8.90. The highest BCUT2D eigenvalue weighted by atomic mass is 32.1. The summed E-state index contributed by atoms with van der Waals surface area (Å²) < 4.78 is 42.6. The van der Waals surface area contributed by atoms with Crippen molar-refractivity contribution < 1.29 is 13.2 Å². The van der Waals surface area contributed by atoms with Crippen LogP contribution >= 0.6 is 11.3 Å². The van der Waals surface area contributed by atoms with Gasteiger partial charge in [-0.3, -0.25) is 9.36 Å². The predicted octanol–water partition coefficient (Wildman–Crippen LogP) is 3.42. The lowest BCUT2D eigenvalue weighted by molar-refractivity contribution is -0.137. The molecule has 5 heterocycles. The largest absolute Gasteiger partial charge is 0.419 e. The highest BCUT2D eigenvalue weighted by Crippen LogP contribution is 2.38. The van der Waals surface area contributed by atoms with Gasteiger partial charge in [0.1, 0.15) is 11.1 Å². The van der Waals surface area contributed by atoms with Gasteiger partial charge in [0.25, 0.3) is 5.56 Å².